The number of nitrogens with zero attached hydrogens (tertiary/aromatic N) is 4. The molecular formula is C21H15FN4O3. The van der Waals surface area contributed by atoms with Gasteiger partial charge in [0.25, 0.3) is 0 Å². The molecule has 2 aromatic carbocycles. The monoisotopic (exact) mass is 390 g/mol. The summed E-state index contributed by atoms with van der Waals surface area (Å²) >= 11 is 0. The van der Waals surface area contributed by atoms with Gasteiger partial charge >= 0.3 is 5.97 Å². The SMILES string of the molecule is Cc1cc(Oc2ccccc2F)ncc1-n1cc(-c2ccc(C(=O)O)cc2)nn1. The summed E-state index contributed by atoms with van der Waals surface area (Å²) in [5.41, 5.74) is 3.03. The normalized spacial score (nSPS) is 10.7. The second-order valence-electron chi connectivity index (χ2n) is 6.27. The molecule has 0 aliphatic rings. The van der Waals surface area contributed by atoms with Crippen LogP contribution >= 0.6 is 0 Å². The molecule has 0 fully saturated rings. The quantitative estimate of drug-likeness (QED) is 0.547. The Balaban J connectivity index is 1.58. The number of benzene rings is 2. The third-order valence-corrected chi connectivity index (χ3v) is 4.28. The van der Waals surface area contributed by atoms with Crippen molar-refractivity contribution in [2.45, 2.75) is 6.92 Å². The second-order valence-corrected chi connectivity index (χ2v) is 6.27. The van der Waals surface area contributed by atoms with Crippen molar-refractivity contribution in [3.63, 3.8) is 0 Å². The summed E-state index contributed by atoms with van der Waals surface area (Å²) in [6.07, 6.45) is 3.29. The van der Waals surface area contributed by atoms with Crippen LogP contribution in [-0.2, 0) is 0 Å². The number of halogens is 1. The number of aryl methyl sites for hydroxylation is 1. The number of rotatable bonds is 5. The first-order valence-corrected chi connectivity index (χ1v) is 8.67. The van der Waals surface area contributed by atoms with Crippen LogP contribution in [0.25, 0.3) is 16.9 Å². The van der Waals surface area contributed by atoms with Crippen LogP contribution in [0.1, 0.15) is 15.9 Å². The minimum Gasteiger partial charge on any atom is -0.478 e. The third kappa shape index (κ3) is 3.81. The molecular weight excluding hydrogens is 375 g/mol. The van der Waals surface area contributed by atoms with E-state index in [9.17, 15) is 9.18 Å². The Hall–Kier alpha value is -4.07. The lowest BCUT2D eigenvalue weighted by molar-refractivity contribution is 0.0697. The van der Waals surface area contributed by atoms with Crippen LogP contribution in [0.15, 0.2) is 67.0 Å². The molecule has 4 rings (SSSR count). The van der Waals surface area contributed by atoms with E-state index in [-0.39, 0.29) is 17.2 Å². The first kappa shape index (κ1) is 18.3. The highest BCUT2D eigenvalue weighted by atomic mass is 19.1. The lowest BCUT2D eigenvalue weighted by Gasteiger charge is -2.09. The zero-order valence-corrected chi connectivity index (χ0v) is 15.3. The number of hydrogen-bond acceptors (Lipinski definition) is 5. The van der Waals surface area contributed by atoms with Gasteiger partial charge in [-0.25, -0.2) is 18.9 Å². The summed E-state index contributed by atoms with van der Waals surface area (Å²) in [6, 6.07) is 14.2. The van der Waals surface area contributed by atoms with E-state index in [0.717, 1.165) is 11.1 Å². The molecule has 144 valence electrons. The van der Waals surface area contributed by atoms with Crippen molar-refractivity contribution in [3.05, 3.63) is 83.9 Å². The molecule has 0 aliphatic heterocycles. The van der Waals surface area contributed by atoms with Crippen molar-refractivity contribution >= 4 is 5.97 Å². The molecule has 0 saturated heterocycles. The van der Waals surface area contributed by atoms with Crippen molar-refractivity contribution in [2.24, 2.45) is 0 Å². The van der Waals surface area contributed by atoms with Crippen LogP contribution in [0.5, 0.6) is 11.6 Å². The molecule has 0 radical (unpaired) electrons. The van der Waals surface area contributed by atoms with E-state index >= 15 is 0 Å². The average molecular weight is 390 g/mol. The average Bonchev–Trinajstić information content (AvgIpc) is 3.20. The van der Waals surface area contributed by atoms with Gasteiger partial charge in [-0.3, -0.25) is 0 Å². The minimum atomic E-state index is -0.986. The summed E-state index contributed by atoms with van der Waals surface area (Å²) in [7, 11) is 0. The largest absolute Gasteiger partial charge is 0.478 e. The van der Waals surface area contributed by atoms with Gasteiger partial charge in [-0.2, -0.15) is 0 Å². The molecule has 0 atom stereocenters. The van der Waals surface area contributed by atoms with Crippen molar-refractivity contribution in [1.82, 2.24) is 20.0 Å². The molecule has 7 nitrogen and oxygen atoms in total. The highest BCUT2D eigenvalue weighted by molar-refractivity contribution is 5.88. The van der Waals surface area contributed by atoms with Gasteiger partial charge in [-0.05, 0) is 36.8 Å². The Morgan fingerprint density at radius 3 is 2.59 bits per heavy atom. The molecule has 0 bridgehead atoms. The lowest BCUT2D eigenvalue weighted by Crippen LogP contribution is -2.00. The zero-order chi connectivity index (χ0) is 20.4. The first-order valence-electron chi connectivity index (χ1n) is 8.67. The van der Waals surface area contributed by atoms with Crippen LogP contribution in [0.2, 0.25) is 0 Å². The Bertz CT molecular complexity index is 1190. The molecule has 8 heteroatoms. The maximum Gasteiger partial charge on any atom is 0.335 e. The molecule has 2 aromatic heterocycles. The molecule has 0 aliphatic carbocycles. The standard InChI is InChI=1S/C21H15FN4O3/c1-13-10-20(29-19-5-3-2-4-16(19)22)23-11-18(13)26-12-17(24-25-26)14-6-8-15(9-7-14)21(27)28/h2-12H,1H3,(H,27,28). The number of aromatic carboxylic acids is 1. The molecule has 0 spiro atoms. The zero-order valence-electron chi connectivity index (χ0n) is 15.3. The van der Waals surface area contributed by atoms with Crippen LogP contribution in [0.4, 0.5) is 4.39 Å². The van der Waals surface area contributed by atoms with Crippen molar-refractivity contribution in [2.75, 3.05) is 0 Å². The second kappa shape index (κ2) is 7.51. The van der Waals surface area contributed by atoms with Gasteiger partial charge in [-0.1, -0.05) is 29.5 Å². The fourth-order valence-corrected chi connectivity index (χ4v) is 2.76. The highest BCUT2D eigenvalue weighted by Crippen LogP contribution is 2.25. The van der Waals surface area contributed by atoms with Gasteiger partial charge in [0.2, 0.25) is 5.88 Å². The van der Waals surface area contributed by atoms with Crippen LogP contribution in [0.3, 0.4) is 0 Å². The predicted molar refractivity (Wildman–Crippen MR) is 103 cm³/mol. The third-order valence-electron chi connectivity index (χ3n) is 4.28. The smallest absolute Gasteiger partial charge is 0.335 e. The summed E-state index contributed by atoms with van der Waals surface area (Å²) in [4.78, 5) is 15.2. The van der Waals surface area contributed by atoms with E-state index in [4.69, 9.17) is 9.84 Å². The van der Waals surface area contributed by atoms with Gasteiger partial charge in [0, 0.05) is 11.6 Å². The first-order chi connectivity index (χ1) is 14.0. The number of ether oxygens (including phenoxy) is 1. The maximum absolute atomic E-state index is 13.7. The van der Waals surface area contributed by atoms with Crippen molar-refractivity contribution in [1.29, 1.82) is 0 Å². The van der Waals surface area contributed by atoms with Gasteiger partial charge in [-0.15, -0.1) is 5.10 Å². The van der Waals surface area contributed by atoms with E-state index in [1.165, 1.54) is 24.3 Å². The molecule has 0 saturated carbocycles. The molecule has 29 heavy (non-hydrogen) atoms. The Morgan fingerprint density at radius 1 is 1.14 bits per heavy atom. The summed E-state index contributed by atoms with van der Waals surface area (Å²) in [5, 5.41) is 17.2. The number of carboxylic acid groups (broad SMARTS) is 1. The highest BCUT2D eigenvalue weighted by Gasteiger charge is 2.11. The van der Waals surface area contributed by atoms with E-state index in [1.807, 2.05) is 6.92 Å². The maximum atomic E-state index is 13.7. The topological polar surface area (TPSA) is 90.1 Å². The fourth-order valence-electron chi connectivity index (χ4n) is 2.76. The number of carbonyl (C=O) groups is 1. The number of aromatic nitrogens is 4. The van der Waals surface area contributed by atoms with Crippen LogP contribution in [0, 0.1) is 12.7 Å². The van der Waals surface area contributed by atoms with Crippen molar-refractivity contribution < 1.29 is 19.0 Å². The fraction of sp³-hybridized carbons (Fsp3) is 0.0476. The van der Waals surface area contributed by atoms with E-state index < -0.39 is 11.8 Å². The number of para-hydroxylation sites is 1. The van der Waals surface area contributed by atoms with Crippen molar-refractivity contribution in [3.8, 4) is 28.6 Å². The Morgan fingerprint density at radius 2 is 1.90 bits per heavy atom. The molecule has 1 N–H and O–H groups in total. The molecule has 0 amide bonds. The van der Waals surface area contributed by atoms with E-state index in [1.54, 1.807) is 47.4 Å². The summed E-state index contributed by atoms with van der Waals surface area (Å²) < 4.78 is 20.8. The number of hydrogen-bond donors (Lipinski definition) is 1. The van der Waals surface area contributed by atoms with Crippen LogP contribution in [-0.4, -0.2) is 31.1 Å². The number of pyridine rings is 1. The van der Waals surface area contributed by atoms with Gasteiger partial charge in [0.1, 0.15) is 5.69 Å². The minimum absolute atomic E-state index is 0.0972. The van der Waals surface area contributed by atoms with Crippen LogP contribution < -0.4 is 4.74 Å². The van der Waals surface area contributed by atoms with Gasteiger partial charge in [0.15, 0.2) is 11.6 Å². The Labute approximate surface area is 165 Å². The van der Waals surface area contributed by atoms with E-state index in [2.05, 4.69) is 15.3 Å². The molecule has 0 unspecified atom stereocenters. The lowest BCUT2D eigenvalue weighted by atomic mass is 10.1. The summed E-state index contributed by atoms with van der Waals surface area (Å²) in [5.74, 6) is -1.09. The van der Waals surface area contributed by atoms with Gasteiger partial charge in [0.05, 0.1) is 23.6 Å². The molecule has 2 heterocycles. The Kier molecular flexibility index (Phi) is 4.74. The number of carboxylic acids is 1. The predicted octanol–water partition coefficient (Wildman–Crippen LogP) is 4.27. The molecule has 4 aromatic rings. The van der Waals surface area contributed by atoms with E-state index in [0.29, 0.717) is 11.4 Å². The summed E-state index contributed by atoms with van der Waals surface area (Å²) in [6.45, 7) is 1.86. The van der Waals surface area contributed by atoms with Gasteiger partial charge < -0.3 is 9.84 Å².